The van der Waals surface area contributed by atoms with E-state index in [1.807, 2.05) is 27.7 Å². The molecule has 0 spiro atoms. The first-order valence-corrected chi connectivity index (χ1v) is 6.88. The van der Waals surface area contributed by atoms with Gasteiger partial charge in [-0.05, 0) is 53.5 Å². The standard InChI is InChI=1S/C15H26N2O3/c1-7-8-11(18)16-15(12(19)20-6)9-13(2,3)17-14(4,5)10-15/h7-8,17H,9-10H2,1-6H3,(H,16,18). The van der Waals surface area contributed by atoms with Gasteiger partial charge in [-0.25, -0.2) is 4.79 Å². The lowest BCUT2D eigenvalue weighted by atomic mass is 9.70. The third-order valence-electron chi connectivity index (χ3n) is 3.42. The zero-order valence-electron chi connectivity index (χ0n) is 13.3. The molecule has 114 valence electrons. The van der Waals surface area contributed by atoms with E-state index in [-0.39, 0.29) is 17.0 Å². The average molecular weight is 282 g/mol. The number of rotatable bonds is 3. The first kappa shape index (κ1) is 16.7. The number of allylic oxidation sites excluding steroid dienone is 1. The maximum absolute atomic E-state index is 12.3. The lowest BCUT2D eigenvalue weighted by Crippen LogP contribution is -2.70. The summed E-state index contributed by atoms with van der Waals surface area (Å²) in [4.78, 5) is 24.2. The molecule has 5 heteroatoms. The van der Waals surface area contributed by atoms with Crippen molar-refractivity contribution in [2.45, 2.75) is 64.1 Å². The predicted octanol–water partition coefficient (Wildman–Crippen LogP) is 1.53. The predicted molar refractivity (Wildman–Crippen MR) is 78.2 cm³/mol. The topological polar surface area (TPSA) is 67.4 Å². The fourth-order valence-corrected chi connectivity index (χ4v) is 3.48. The van der Waals surface area contributed by atoms with E-state index in [1.165, 1.54) is 13.2 Å². The van der Waals surface area contributed by atoms with Crippen molar-refractivity contribution in [3.63, 3.8) is 0 Å². The molecule has 0 bridgehead atoms. The lowest BCUT2D eigenvalue weighted by molar-refractivity contribution is -0.155. The highest BCUT2D eigenvalue weighted by atomic mass is 16.5. The Bertz CT molecular complexity index is 409. The van der Waals surface area contributed by atoms with Crippen LogP contribution in [0, 0.1) is 0 Å². The number of methoxy groups -OCH3 is 1. The fourth-order valence-electron chi connectivity index (χ4n) is 3.48. The van der Waals surface area contributed by atoms with Crippen molar-refractivity contribution in [1.82, 2.24) is 10.6 Å². The molecule has 0 unspecified atom stereocenters. The maximum Gasteiger partial charge on any atom is 0.331 e. The molecule has 0 radical (unpaired) electrons. The second-order valence-electron chi connectivity index (χ2n) is 6.81. The molecule has 1 heterocycles. The van der Waals surface area contributed by atoms with Crippen LogP contribution >= 0.6 is 0 Å². The SMILES string of the molecule is CC=CC(=O)NC1(C(=O)OC)CC(C)(C)NC(C)(C)C1. The van der Waals surface area contributed by atoms with Gasteiger partial charge in [0, 0.05) is 11.1 Å². The molecule has 5 nitrogen and oxygen atoms in total. The van der Waals surface area contributed by atoms with E-state index in [2.05, 4.69) is 10.6 Å². The number of carbonyl (C=O) groups is 2. The van der Waals surface area contributed by atoms with E-state index in [1.54, 1.807) is 13.0 Å². The Labute approximate surface area is 121 Å². The van der Waals surface area contributed by atoms with Gasteiger partial charge in [-0.15, -0.1) is 0 Å². The summed E-state index contributed by atoms with van der Waals surface area (Å²) in [6.07, 6.45) is 4.04. The third kappa shape index (κ3) is 3.82. The van der Waals surface area contributed by atoms with Crippen molar-refractivity contribution >= 4 is 11.9 Å². The summed E-state index contributed by atoms with van der Waals surface area (Å²) in [5.74, 6) is -0.663. The van der Waals surface area contributed by atoms with Crippen molar-refractivity contribution < 1.29 is 14.3 Å². The molecule has 1 rings (SSSR count). The van der Waals surface area contributed by atoms with Crippen molar-refractivity contribution in [2.24, 2.45) is 0 Å². The molecular weight excluding hydrogens is 256 g/mol. The average Bonchev–Trinajstić information content (AvgIpc) is 2.23. The van der Waals surface area contributed by atoms with Crippen molar-refractivity contribution in [3.05, 3.63) is 12.2 Å². The molecular formula is C15H26N2O3. The van der Waals surface area contributed by atoms with Gasteiger partial charge >= 0.3 is 5.97 Å². The largest absolute Gasteiger partial charge is 0.467 e. The highest BCUT2D eigenvalue weighted by molar-refractivity contribution is 5.93. The van der Waals surface area contributed by atoms with E-state index in [0.717, 1.165) is 0 Å². The van der Waals surface area contributed by atoms with E-state index in [9.17, 15) is 9.59 Å². The summed E-state index contributed by atoms with van der Waals surface area (Å²) in [5.41, 5.74) is -1.55. The molecule has 1 fully saturated rings. The fraction of sp³-hybridized carbons (Fsp3) is 0.733. The van der Waals surface area contributed by atoms with Crippen LogP contribution in [0.25, 0.3) is 0 Å². The second kappa shape index (κ2) is 5.56. The Morgan fingerprint density at radius 3 is 2.05 bits per heavy atom. The number of hydrogen-bond donors (Lipinski definition) is 2. The van der Waals surface area contributed by atoms with E-state index in [4.69, 9.17) is 4.74 Å². The van der Waals surface area contributed by atoms with Gasteiger partial charge in [0.25, 0.3) is 0 Å². The zero-order chi connectivity index (χ0) is 15.6. The van der Waals surface area contributed by atoms with Gasteiger partial charge in [-0.1, -0.05) is 6.08 Å². The van der Waals surface area contributed by atoms with Crippen LogP contribution in [0.2, 0.25) is 0 Å². The van der Waals surface area contributed by atoms with Crippen LogP contribution in [0.1, 0.15) is 47.5 Å². The van der Waals surface area contributed by atoms with Gasteiger partial charge in [0.1, 0.15) is 5.54 Å². The summed E-state index contributed by atoms with van der Waals surface area (Å²) < 4.78 is 4.95. The Balaban J connectivity index is 3.17. The van der Waals surface area contributed by atoms with E-state index >= 15 is 0 Å². The maximum atomic E-state index is 12.3. The molecule has 1 saturated heterocycles. The highest BCUT2D eigenvalue weighted by Gasteiger charge is 2.53. The summed E-state index contributed by atoms with van der Waals surface area (Å²) in [6, 6.07) is 0. The summed E-state index contributed by atoms with van der Waals surface area (Å²) in [6.45, 7) is 9.85. The smallest absolute Gasteiger partial charge is 0.331 e. The second-order valence-corrected chi connectivity index (χ2v) is 6.81. The number of hydrogen-bond acceptors (Lipinski definition) is 4. The van der Waals surface area contributed by atoms with E-state index < -0.39 is 11.5 Å². The van der Waals surface area contributed by atoms with Crippen LogP contribution in [0.5, 0.6) is 0 Å². The van der Waals surface area contributed by atoms with E-state index in [0.29, 0.717) is 12.8 Å². The first-order chi connectivity index (χ1) is 9.06. The van der Waals surface area contributed by atoms with Gasteiger partial charge in [-0.3, -0.25) is 4.79 Å². The summed E-state index contributed by atoms with van der Waals surface area (Å²) in [5, 5.41) is 6.35. The quantitative estimate of drug-likeness (QED) is 0.608. The molecule has 1 aliphatic rings. The Hall–Kier alpha value is -1.36. The van der Waals surface area contributed by atoms with Crippen LogP contribution in [-0.2, 0) is 14.3 Å². The van der Waals surface area contributed by atoms with Crippen LogP contribution in [0.3, 0.4) is 0 Å². The minimum Gasteiger partial charge on any atom is -0.467 e. The molecule has 0 aromatic carbocycles. The minimum absolute atomic E-state index is 0.272. The van der Waals surface area contributed by atoms with Crippen LogP contribution in [-0.4, -0.2) is 35.6 Å². The van der Waals surface area contributed by atoms with Crippen molar-refractivity contribution in [2.75, 3.05) is 7.11 Å². The van der Waals surface area contributed by atoms with Gasteiger partial charge in [0.05, 0.1) is 7.11 Å². The summed E-state index contributed by atoms with van der Waals surface area (Å²) in [7, 11) is 1.36. The number of carbonyl (C=O) groups excluding carboxylic acids is 2. The third-order valence-corrected chi connectivity index (χ3v) is 3.42. The Morgan fingerprint density at radius 1 is 1.15 bits per heavy atom. The molecule has 1 aliphatic heterocycles. The van der Waals surface area contributed by atoms with Crippen LogP contribution in [0.4, 0.5) is 0 Å². The number of piperidine rings is 1. The lowest BCUT2D eigenvalue weighted by Gasteiger charge is -2.51. The van der Waals surface area contributed by atoms with Gasteiger partial charge < -0.3 is 15.4 Å². The van der Waals surface area contributed by atoms with Gasteiger partial charge in [-0.2, -0.15) is 0 Å². The summed E-state index contributed by atoms with van der Waals surface area (Å²) >= 11 is 0. The minimum atomic E-state index is -0.996. The molecule has 20 heavy (non-hydrogen) atoms. The van der Waals surface area contributed by atoms with Gasteiger partial charge in [0.15, 0.2) is 0 Å². The molecule has 0 aliphatic carbocycles. The monoisotopic (exact) mass is 282 g/mol. The molecule has 0 saturated carbocycles. The molecule has 0 atom stereocenters. The number of ether oxygens (including phenoxy) is 1. The van der Waals surface area contributed by atoms with Crippen molar-refractivity contribution in [1.29, 1.82) is 0 Å². The van der Waals surface area contributed by atoms with Crippen LogP contribution < -0.4 is 10.6 Å². The Kier molecular flexibility index (Phi) is 4.64. The van der Waals surface area contributed by atoms with Crippen molar-refractivity contribution in [3.8, 4) is 0 Å². The van der Waals surface area contributed by atoms with Crippen LogP contribution in [0.15, 0.2) is 12.2 Å². The first-order valence-electron chi connectivity index (χ1n) is 6.88. The number of nitrogens with one attached hydrogen (secondary N) is 2. The molecule has 1 amide bonds. The van der Waals surface area contributed by atoms with Gasteiger partial charge in [0.2, 0.25) is 5.91 Å². The number of esters is 1. The highest BCUT2D eigenvalue weighted by Crippen LogP contribution is 2.36. The molecule has 0 aromatic rings. The molecule has 2 N–H and O–H groups in total. The Morgan fingerprint density at radius 2 is 1.65 bits per heavy atom. The number of amides is 1. The normalized spacial score (nSPS) is 23.3. The zero-order valence-corrected chi connectivity index (χ0v) is 13.3. The molecule has 0 aromatic heterocycles.